The fourth-order valence-electron chi connectivity index (χ4n) is 2.18. The van der Waals surface area contributed by atoms with E-state index in [-0.39, 0.29) is 11.3 Å². The second-order valence-electron chi connectivity index (χ2n) is 5.08. The number of halogens is 2. The van der Waals surface area contributed by atoms with Crippen molar-refractivity contribution in [3.63, 3.8) is 0 Å². The van der Waals surface area contributed by atoms with E-state index in [9.17, 15) is 17.2 Å². The Morgan fingerprint density at radius 3 is 2.32 bits per heavy atom. The standard InChI is InChI=1S/C16H16F2O3S/c1-11-3-6-16(21-2)13(7-11)10-22(19,20)9-12-4-5-14(17)8-15(12)18/h3-8H,9-10H2,1-2H3. The number of aryl methyl sites for hydroxylation is 1. The molecule has 22 heavy (non-hydrogen) atoms. The molecule has 0 heterocycles. The van der Waals surface area contributed by atoms with Crippen LogP contribution in [0.25, 0.3) is 0 Å². The molecule has 0 amide bonds. The minimum absolute atomic E-state index is 0.0481. The van der Waals surface area contributed by atoms with Gasteiger partial charge in [-0.2, -0.15) is 0 Å². The lowest BCUT2D eigenvalue weighted by Gasteiger charge is -2.11. The monoisotopic (exact) mass is 326 g/mol. The molecule has 6 heteroatoms. The van der Waals surface area contributed by atoms with Crippen molar-refractivity contribution < 1.29 is 21.9 Å². The van der Waals surface area contributed by atoms with E-state index in [2.05, 4.69) is 0 Å². The molecule has 2 rings (SSSR count). The quantitative estimate of drug-likeness (QED) is 0.846. The van der Waals surface area contributed by atoms with Crippen LogP contribution in [0.2, 0.25) is 0 Å². The van der Waals surface area contributed by atoms with Crippen molar-refractivity contribution in [2.75, 3.05) is 7.11 Å². The molecule has 2 aromatic rings. The van der Waals surface area contributed by atoms with E-state index < -0.39 is 27.2 Å². The Balaban J connectivity index is 2.26. The van der Waals surface area contributed by atoms with E-state index in [0.29, 0.717) is 17.4 Å². The maximum absolute atomic E-state index is 13.6. The molecule has 0 spiro atoms. The fourth-order valence-corrected chi connectivity index (χ4v) is 3.69. The molecular formula is C16H16F2O3S. The minimum Gasteiger partial charge on any atom is -0.496 e. The first-order valence-electron chi connectivity index (χ1n) is 6.58. The first kappa shape index (κ1) is 16.4. The summed E-state index contributed by atoms with van der Waals surface area (Å²) in [5, 5.41) is 0. The summed E-state index contributed by atoms with van der Waals surface area (Å²) in [6, 6.07) is 8.10. The van der Waals surface area contributed by atoms with Gasteiger partial charge in [-0.25, -0.2) is 17.2 Å². The predicted molar refractivity (Wildman–Crippen MR) is 80.4 cm³/mol. The Morgan fingerprint density at radius 1 is 1.00 bits per heavy atom. The van der Waals surface area contributed by atoms with Gasteiger partial charge in [-0.3, -0.25) is 0 Å². The topological polar surface area (TPSA) is 43.4 Å². The molecule has 0 saturated carbocycles. The summed E-state index contributed by atoms with van der Waals surface area (Å²) >= 11 is 0. The first-order valence-corrected chi connectivity index (χ1v) is 8.41. The zero-order valence-electron chi connectivity index (χ0n) is 12.3. The van der Waals surface area contributed by atoms with Crippen LogP contribution < -0.4 is 4.74 Å². The van der Waals surface area contributed by atoms with E-state index in [0.717, 1.165) is 17.7 Å². The normalized spacial score (nSPS) is 11.5. The van der Waals surface area contributed by atoms with Crippen LogP contribution in [0, 0.1) is 18.6 Å². The van der Waals surface area contributed by atoms with Gasteiger partial charge >= 0.3 is 0 Å². The van der Waals surface area contributed by atoms with E-state index in [4.69, 9.17) is 4.74 Å². The number of hydrogen-bond acceptors (Lipinski definition) is 3. The van der Waals surface area contributed by atoms with Crippen LogP contribution >= 0.6 is 0 Å². The van der Waals surface area contributed by atoms with Crippen molar-refractivity contribution in [1.82, 2.24) is 0 Å². The van der Waals surface area contributed by atoms with Crippen LogP contribution in [0.5, 0.6) is 5.75 Å². The van der Waals surface area contributed by atoms with Crippen LogP contribution in [0.1, 0.15) is 16.7 Å². The second-order valence-corrected chi connectivity index (χ2v) is 7.15. The Labute approximate surface area is 128 Å². The zero-order valence-corrected chi connectivity index (χ0v) is 13.1. The van der Waals surface area contributed by atoms with Crippen molar-refractivity contribution in [1.29, 1.82) is 0 Å². The van der Waals surface area contributed by atoms with Crippen LogP contribution in [0.4, 0.5) is 8.78 Å². The molecule has 118 valence electrons. The number of rotatable bonds is 5. The predicted octanol–water partition coefficient (Wildman–Crippen LogP) is 3.40. The van der Waals surface area contributed by atoms with Gasteiger partial charge in [0.25, 0.3) is 0 Å². The van der Waals surface area contributed by atoms with Crippen molar-refractivity contribution in [3.8, 4) is 5.75 Å². The fraction of sp³-hybridized carbons (Fsp3) is 0.250. The molecule has 0 saturated heterocycles. The number of sulfone groups is 1. The third-order valence-corrected chi connectivity index (χ3v) is 4.70. The first-order chi connectivity index (χ1) is 10.3. The lowest BCUT2D eigenvalue weighted by atomic mass is 10.1. The molecule has 0 atom stereocenters. The van der Waals surface area contributed by atoms with Gasteiger partial charge in [0, 0.05) is 17.2 Å². The minimum atomic E-state index is -3.61. The van der Waals surface area contributed by atoms with Crippen molar-refractivity contribution in [2.24, 2.45) is 0 Å². The van der Waals surface area contributed by atoms with Crippen molar-refractivity contribution in [2.45, 2.75) is 18.4 Å². The SMILES string of the molecule is COc1ccc(C)cc1CS(=O)(=O)Cc1ccc(F)cc1F. The average molecular weight is 326 g/mol. The summed E-state index contributed by atoms with van der Waals surface area (Å²) in [5.74, 6) is -1.89. The Kier molecular flexibility index (Phi) is 4.81. The van der Waals surface area contributed by atoms with Gasteiger partial charge in [-0.1, -0.05) is 23.8 Å². The Hall–Kier alpha value is -1.95. The van der Waals surface area contributed by atoms with Crippen LogP contribution in [0.3, 0.4) is 0 Å². The Bertz CT molecular complexity index is 786. The van der Waals surface area contributed by atoms with E-state index >= 15 is 0 Å². The van der Waals surface area contributed by atoms with Gasteiger partial charge in [-0.05, 0) is 19.1 Å². The van der Waals surface area contributed by atoms with Crippen molar-refractivity contribution >= 4 is 9.84 Å². The molecule has 0 aliphatic heterocycles. The number of ether oxygens (including phenoxy) is 1. The van der Waals surface area contributed by atoms with Gasteiger partial charge in [0.1, 0.15) is 17.4 Å². The molecule has 0 aliphatic rings. The van der Waals surface area contributed by atoms with Crippen LogP contribution in [-0.2, 0) is 21.3 Å². The molecule has 0 unspecified atom stereocenters. The summed E-state index contributed by atoms with van der Waals surface area (Å²) in [5.41, 5.74) is 1.37. The molecule has 0 radical (unpaired) electrons. The second kappa shape index (κ2) is 6.44. The Morgan fingerprint density at radius 2 is 1.68 bits per heavy atom. The van der Waals surface area contributed by atoms with E-state index in [1.165, 1.54) is 7.11 Å². The van der Waals surface area contributed by atoms with Gasteiger partial charge in [0.05, 0.1) is 18.6 Å². The number of methoxy groups -OCH3 is 1. The van der Waals surface area contributed by atoms with Gasteiger partial charge in [0.15, 0.2) is 9.84 Å². The van der Waals surface area contributed by atoms with E-state index in [1.807, 2.05) is 13.0 Å². The molecule has 0 N–H and O–H groups in total. The van der Waals surface area contributed by atoms with Crippen LogP contribution in [0.15, 0.2) is 36.4 Å². The summed E-state index contributed by atoms with van der Waals surface area (Å²) in [6.07, 6.45) is 0. The molecule has 0 bridgehead atoms. The smallest absolute Gasteiger partial charge is 0.158 e. The third kappa shape index (κ3) is 4.04. The molecule has 0 aromatic heterocycles. The lowest BCUT2D eigenvalue weighted by molar-refractivity contribution is 0.411. The third-order valence-electron chi connectivity index (χ3n) is 3.20. The van der Waals surface area contributed by atoms with Crippen molar-refractivity contribution in [3.05, 3.63) is 64.7 Å². The average Bonchev–Trinajstić information content (AvgIpc) is 2.42. The molecule has 0 aliphatic carbocycles. The van der Waals surface area contributed by atoms with Crippen LogP contribution in [-0.4, -0.2) is 15.5 Å². The van der Waals surface area contributed by atoms with E-state index in [1.54, 1.807) is 12.1 Å². The summed E-state index contributed by atoms with van der Waals surface area (Å²) in [6.45, 7) is 1.84. The van der Waals surface area contributed by atoms with Gasteiger partial charge < -0.3 is 4.74 Å². The maximum atomic E-state index is 13.6. The summed E-state index contributed by atoms with van der Waals surface area (Å²) in [7, 11) is -2.16. The molecule has 2 aromatic carbocycles. The highest BCUT2D eigenvalue weighted by molar-refractivity contribution is 7.89. The highest BCUT2D eigenvalue weighted by atomic mass is 32.2. The number of benzene rings is 2. The van der Waals surface area contributed by atoms with Gasteiger partial charge in [-0.15, -0.1) is 0 Å². The summed E-state index contributed by atoms with van der Waals surface area (Å²) in [4.78, 5) is 0. The highest BCUT2D eigenvalue weighted by Crippen LogP contribution is 2.24. The maximum Gasteiger partial charge on any atom is 0.158 e. The largest absolute Gasteiger partial charge is 0.496 e. The molecule has 3 nitrogen and oxygen atoms in total. The molecular weight excluding hydrogens is 310 g/mol. The zero-order chi connectivity index (χ0) is 16.3. The summed E-state index contributed by atoms with van der Waals surface area (Å²) < 4.78 is 56.2. The van der Waals surface area contributed by atoms with Gasteiger partial charge in [0.2, 0.25) is 0 Å². The number of hydrogen-bond donors (Lipinski definition) is 0. The highest BCUT2D eigenvalue weighted by Gasteiger charge is 2.18. The lowest BCUT2D eigenvalue weighted by Crippen LogP contribution is -2.10. The molecule has 0 fully saturated rings.